The lowest BCUT2D eigenvalue weighted by Crippen LogP contribution is -2.46. The standard InChI is InChI=1S/C20H30N2O4/c1-15-6-3-7-16(2)22(15)14-18(24)9-4-8-17(23)10-5-13-21-19(25)11-12-20(21)26/h11-12,15-16H,3-10,13-14H2,1-2H3. The van der Waals surface area contributed by atoms with Gasteiger partial charge in [-0.15, -0.1) is 0 Å². The van der Waals surface area contributed by atoms with Crippen LogP contribution in [0.2, 0.25) is 0 Å². The maximum Gasteiger partial charge on any atom is 0.253 e. The van der Waals surface area contributed by atoms with Gasteiger partial charge in [-0.3, -0.25) is 29.0 Å². The Hall–Kier alpha value is -1.82. The molecule has 0 aliphatic carbocycles. The molecule has 0 bridgehead atoms. The second-order valence-corrected chi connectivity index (χ2v) is 7.50. The highest BCUT2D eigenvalue weighted by Gasteiger charge is 2.26. The quantitative estimate of drug-likeness (QED) is 0.557. The van der Waals surface area contributed by atoms with Crippen LogP contribution in [0.15, 0.2) is 12.2 Å². The molecule has 2 unspecified atom stereocenters. The van der Waals surface area contributed by atoms with Crippen molar-refractivity contribution < 1.29 is 19.2 Å². The number of carbonyl (C=O) groups excluding carboxylic acids is 4. The predicted molar refractivity (Wildman–Crippen MR) is 98.4 cm³/mol. The van der Waals surface area contributed by atoms with Crippen molar-refractivity contribution in [1.29, 1.82) is 0 Å². The van der Waals surface area contributed by atoms with Crippen LogP contribution in [0, 0.1) is 0 Å². The summed E-state index contributed by atoms with van der Waals surface area (Å²) in [5.74, 6) is -0.328. The van der Waals surface area contributed by atoms with Gasteiger partial charge in [0.25, 0.3) is 11.8 Å². The van der Waals surface area contributed by atoms with Crippen molar-refractivity contribution in [2.75, 3.05) is 13.1 Å². The van der Waals surface area contributed by atoms with Crippen LogP contribution in [0.1, 0.15) is 65.2 Å². The molecule has 0 aromatic heterocycles. The molecule has 2 aliphatic rings. The van der Waals surface area contributed by atoms with Gasteiger partial charge in [0.2, 0.25) is 0 Å². The summed E-state index contributed by atoms with van der Waals surface area (Å²) in [6.07, 6.45) is 8.25. The molecule has 0 aromatic carbocycles. The van der Waals surface area contributed by atoms with E-state index in [2.05, 4.69) is 18.7 Å². The minimum absolute atomic E-state index is 0.0876. The molecular weight excluding hydrogens is 332 g/mol. The summed E-state index contributed by atoms with van der Waals surface area (Å²) >= 11 is 0. The molecule has 2 heterocycles. The van der Waals surface area contributed by atoms with Crippen molar-refractivity contribution in [2.24, 2.45) is 0 Å². The molecule has 26 heavy (non-hydrogen) atoms. The Morgan fingerprint density at radius 2 is 1.46 bits per heavy atom. The van der Waals surface area contributed by atoms with E-state index in [1.165, 1.54) is 18.6 Å². The highest BCUT2D eigenvalue weighted by Crippen LogP contribution is 2.22. The predicted octanol–water partition coefficient (Wildman–Crippen LogP) is 2.26. The lowest BCUT2D eigenvalue weighted by molar-refractivity contribution is -0.137. The Morgan fingerprint density at radius 3 is 2.08 bits per heavy atom. The molecule has 0 N–H and O–H groups in total. The van der Waals surface area contributed by atoms with E-state index in [1.807, 2.05) is 0 Å². The van der Waals surface area contributed by atoms with Gasteiger partial charge in [0.1, 0.15) is 11.6 Å². The van der Waals surface area contributed by atoms with Crippen molar-refractivity contribution in [3.63, 3.8) is 0 Å². The first-order valence-corrected chi connectivity index (χ1v) is 9.71. The molecule has 1 saturated heterocycles. The number of imide groups is 1. The van der Waals surface area contributed by atoms with Crippen molar-refractivity contribution >= 4 is 23.4 Å². The van der Waals surface area contributed by atoms with Crippen molar-refractivity contribution in [1.82, 2.24) is 9.80 Å². The Labute approximate surface area is 155 Å². The Bertz CT molecular complexity index is 556. The van der Waals surface area contributed by atoms with Gasteiger partial charge in [-0.2, -0.15) is 0 Å². The fourth-order valence-corrected chi connectivity index (χ4v) is 3.76. The van der Waals surface area contributed by atoms with E-state index in [0.29, 0.717) is 50.7 Å². The first-order valence-electron chi connectivity index (χ1n) is 9.71. The zero-order valence-electron chi connectivity index (χ0n) is 15.9. The topological polar surface area (TPSA) is 74.8 Å². The van der Waals surface area contributed by atoms with Crippen LogP contribution < -0.4 is 0 Å². The summed E-state index contributed by atoms with van der Waals surface area (Å²) in [6, 6.07) is 0.907. The number of ketones is 2. The van der Waals surface area contributed by atoms with Crippen LogP contribution in [0.25, 0.3) is 0 Å². The van der Waals surface area contributed by atoms with Crippen molar-refractivity contribution in [3.05, 3.63) is 12.2 Å². The number of hydrogen-bond acceptors (Lipinski definition) is 5. The maximum absolute atomic E-state index is 12.2. The summed E-state index contributed by atoms with van der Waals surface area (Å²) < 4.78 is 0. The largest absolute Gasteiger partial charge is 0.300 e. The first-order chi connectivity index (χ1) is 12.4. The third kappa shape index (κ3) is 5.87. The van der Waals surface area contributed by atoms with E-state index in [0.717, 1.165) is 17.7 Å². The van der Waals surface area contributed by atoms with Gasteiger partial charge in [0.15, 0.2) is 0 Å². The molecule has 2 aliphatic heterocycles. The monoisotopic (exact) mass is 362 g/mol. The summed E-state index contributed by atoms with van der Waals surface area (Å²) in [5, 5.41) is 0. The highest BCUT2D eigenvalue weighted by molar-refractivity contribution is 6.12. The Balaban J connectivity index is 1.58. The van der Waals surface area contributed by atoms with E-state index < -0.39 is 0 Å². The minimum atomic E-state index is -0.311. The molecule has 2 rings (SSSR count). The van der Waals surface area contributed by atoms with Crippen LogP contribution in [-0.4, -0.2) is 58.4 Å². The van der Waals surface area contributed by atoms with Crippen LogP contribution in [0.4, 0.5) is 0 Å². The van der Waals surface area contributed by atoms with E-state index >= 15 is 0 Å². The van der Waals surface area contributed by atoms with Gasteiger partial charge < -0.3 is 0 Å². The number of carbonyl (C=O) groups is 4. The molecule has 6 nitrogen and oxygen atoms in total. The molecule has 2 atom stereocenters. The second kappa shape index (κ2) is 9.76. The summed E-state index contributed by atoms with van der Waals surface area (Å²) in [5.41, 5.74) is 0. The SMILES string of the molecule is CC1CCCC(C)N1CC(=O)CCCC(=O)CCCN1C(=O)C=CC1=O. The third-order valence-corrected chi connectivity index (χ3v) is 5.38. The molecule has 0 saturated carbocycles. The number of piperidine rings is 1. The fraction of sp³-hybridized carbons (Fsp3) is 0.700. The lowest BCUT2D eigenvalue weighted by Gasteiger charge is -2.38. The van der Waals surface area contributed by atoms with E-state index in [9.17, 15) is 19.2 Å². The molecule has 2 amide bonds. The molecule has 0 radical (unpaired) electrons. The number of Topliss-reactive ketones (excluding diaryl/α,β-unsaturated/α-hetero) is 2. The highest BCUT2D eigenvalue weighted by atomic mass is 16.2. The molecule has 0 spiro atoms. The molecule has 1 fully saturated rings. The van der Waals surface area contributed by atoms with Gasteiger partial charge in [0.05, 0.1) is 6.54 Å². The van der Waals surface area contributed by atoms with Gasteiger partial charge in [-0.25, -0.2) is 0 Å². The van der Waals surface area contributed by atoms with Crippen LogP contribution >= 0.6 is 0 Å². The Morgan fingerprint density at radius 1 is 0.923 bits per heavy atom. The third-order valence-electron chi connectivity index (χ3n) is 5.38. The van der Waals surface area contributed by atoms with Crippen LogP contribution in [-0.2, 0) is 19.2 Å². The average molecular weight is 362 g/mol. The lowest BCUT2D eigenvalue weighted by atomic mass is 9.96. The molecular formula is C20H30N2O4. The second-order valence-electron chi connectivity index (χ2n) is 7.50. The van der Waals surface area contributed by atoms with Crippen molar-refractivity contribution in [3.8, 4) is 0 Å². The fourth-order valence-electron chi connectivity index (χ4n) is 3.76. The number of likely N-dealkylation sites (tertiary alicyclic amines) is 1. The van der Waals surface area contributed by atoms with E-state index in [4.69, 9.17) is 0 Å². The van der Waals surface area contributed by atoms with Gasteiger partial charge >= 0.3 is 0 Å². The molecule has 0 aromatic rings. The number of amides is 2. The summed E-state index contributed by atoms with van der Waals surface area (Å²) in [6.45, 7) is 5.12. The summed E-state index contributed by atoms with van der Waals surface area (Å²) in [4.78, 5) is 50.4. The zero-order chi connectivity index (χ0) is 19.1. The zero-order valence-corrected chi connectivity index (χ0v) is 15.9. The normalized spacial score (nSPS) is 23.7. The van der Waals surface area contributed by atoms with Crippen molar-refractivity contribution in [2.45, 2.75) is 77.3 Å². The number of hydrogen-bond donors (Lipinski definition) is 0. The number of nitrogens with zero attached hydrogens (tertiary/aromatic N) is 2. The smallest absolute Gasteiger partial charge is 0.253 e. The Kier molecular flexibility index (Phi) is 7.69. The first kappa shape index (κ1) is 20.5. The molecule has 144 valence electrons. The van der Waals surface area contributed by atoms with Gasteiger partial charge in [0, 0.05) is 50.0 Å². The van der Waals surface area contributed by atoms with Gasteiger partial charge in [-0.1, -0.05) is 6.42 Å². The summed E-state index contributed by atoms with van der Waals surface area (Å²) in [7, 11) is 0. The van der Waals surface area contributed by atoms with Crippen LogP contribution in [0.5, 0.6) is 0 Å². The molecule has 6 heteroatoms. The number of rotatable bonds is 10. The maximum atomic E-state index is 12.2. The van der Waals surface area contributed by atoms with Crippen LogP contribution in [0.3, 0.4) is 0 Å². The minimum Gasteiger partial charge on any atom is -0.300 e. The van der Waals surface area contributed by atoms with Gasteiger partial charge in [-0.05, 0) is 39.5 Å². The average Bonchev–Trinajstić information content (AvgIpc) is 2.90. The van der Waals surface area contributed by atoms with E-state index in [-0.39, 0.29) is 29.9 Å². The van der Waals surface area contributed by atoms with E-state index in [1.54, 1.807) is 0 Å².